The van der Waals surface area contributed by atoms with Gasteiger partial charge < -0.3 is 48.7 Å². The largest absolute Gasteiger partial charge is 1.00 e. The van der Waals surface area contributed by atoms with Crippen LogP contribution in [0.2, 0.25) is 0 Å². The Bertz CT molecular complexity index is 691. The molecule has 0 aromatic rings. The molecule has 0 aliphatic carbocycles. The van der Waals surface area contributed by atoms with Crippen molar-refractivity contribution >= 4 is 29.4 Å². The molecule has 1 rings (SSSR count). The summed E-state index contributed by atoms with van der Waals surface area (Å²) in [5.41, 5.74) is 0. The van der Waals surface area contributed by atoms with Crippen molar-refractivity contribution in [3.63, 3.8) is 0 Å². The predicted octanol–water partition coefficient (Wildman–Crippen LogP) is -16.1. The van der Waals surface area contributed by atoms with Gasteiger partial charge in [0, 0.05) is 0 Å². The summed E-state index contributed by atoms with van der Waals surface area (Å²) in [6.07, 6.45) is -3.79. The predicted molar refractivity (Wildman–Crippen MR) is 58.7 cm³/mol. The number of aliphatic hydroxyl groups is 3. The van der Waals surface area contributed by atoms with Crippen molar-refractivity contribution in [2.45, 2.75) is 12.2 Å². The van der Waals surface area contributed by atoms with Crippen molar-refractivity contribution in [1.82, 2.24) is 0 Å². The van der Waals surface area contributed by atoms with Gasteiger partial charge in [-0.15, -0.1) is 0 Å². The van der Waals surface area contributed by atoms with Crippen LogP contribution in [-0.2, 0) is 36.4 Å². The SMILES string of the molecule is O=C1O[C@H]([C@@H](O)CO)C(O)=C1OP(=O)([O-])OP(=O)([O-])OP(=O)([O-])[O-].[Na+].[Na+].[Na+].[Na+]. The van der Waals surface area contributed by atoms with Gasteiger partial charge in [0.2, 0.25) is 0 Å². The Labute approximate surface area is 245 Å². The van der Waals surface area contributed by atoms with Crippen LogP contribution in [0.15, 0.2) is 11.5 Å². The number of esters is 1. The fourth-order valence-electron chi connectivity index (χ4n) is 1.29. The quantitative estimate of drug-likeness (QED) is 0.158. The van der Waals surface area contributed by atoms with E-state index in [-0.39, 0.29) is 118 Å². The zero-order chi connectivity index (χ0) is 18.9. The van der Waals surface area contributed by atoms with Crippen molar-refractivity contribution in [3.05, 3.63) is 11.5 Å². The number of carbonyl (C=O) groups excluding carboxylic acids is 1. The number of cyclic esters (lactones) is 1. The van der Waals surface area contributed by atoms with E-state index in [2.05, 4.69) is 17.9 Å². The van der Waals surface area contributed by atoms with Gasteiger partial charge >= 0.3 is 132 Å². The number of rotatable bonds is 8. The van der Waals surface area contributed by atoms with Gasteiger partial charge in [0.15, 0.2) is 11.9 Å². The average Bonchev–Trinajstić information content (AvgIpc) is 2.61. The van der Waals surface area contributed by atoms with E-state index in [1.807, 2.05) is 0 Å². The third kappa shape index (κ3) is 13.0. The number of ether oxygens (including phenoxy) is 1. The Morgan fingerprint density at radius 1 is 1.00 bits per heavy atom. The van der Waals surface area contributed by atoms with Crippen LogP contribution in [0, 0.1) is 0 Å². The number of carbonyl (C=O) groups is 1. The van der Waals surface area contributed by atoms with Crippen LogP contribution in [-0.4, -0.2) is 40.1 Å². The molecule has 2 unspecified atom stereocenters. The number of phosphoric acid groups is 3. The minimum Gasteiger partial charge on any atom is -0.790 e. The molecule has 1 aliphatic heterocycles. The van der Waals surface area contributed by atoms with Crippen LogP contribution in [0.4, 0.5) is 0 Å². The summed E-state index contributed by atoms with van der Waals surface area (Å²) in [6, 6.07) is 0. The molecule has 0 bridgehead atoms. The Morgan fingerprint density at radius 2 is 1.46 bits per heavy atom. The maximum Gasteiger partial charge on any atom is 1.00 e. The smallest absolute Gasteiger partial charge is 0.790 e. The molecule has 0 aromatic heterocycles. The van der Waals surface area contributed by atoms with Crippen LogP contribution in [0.3, 0.4) is 0 Å². The van der Waals surface area contributed by atoms with Gasteiger partial charge in [0.25, 0.3) is 13.6 Å². The van der Waals surface area contributed by atoms with Crippen LogP contribution >= 0.6 is 23.5 Å². The monoisotopic (exact) mass is 504 g/mol. The third-order valence-electron chi connectivity index (χ3n) is 2.06. The summed E-state index contributed by atoms with van der Waals surface area (Å²) < 4.78 is 46.4. The molecule has 0 aromatic carbocycles. The number of hydrogen-bond donors (Lipinski definition) is 3. The Kier molecular flexibility index (Phi) is 20.8. The zero-order valence-corrected chi connectivity index (χ0v) is 25.6. The van der Waals surface area contributed by atoms with Crippen molar-refractivity contribution in [2.24, 2.45) is 0 Å². The fourth-order valence-corrected chi connectivity index (χ4v) is 4.16. The van der Waals surface area contributed by atoms with Crippen LogP contribution in [0.1, 0.15) is 0 Å². The van der Waals surface area contributed by atoms with E-state index < -0.39 is 59.8 Å². The van der Waals surface area contributed by atoms with E-state index in [0.29, 0.717) is 0 Å². The Hall–Kier alpha value is 3.18. The van der Waals surface area contributed by atoms with Crippen molar-refractivity contribution in [3.8, 4) is 0 Å². The summed E-state index contributed by atoms with van der Waals surface area (Å²) in [7, 11) is -18.5. The molecule has 1 aliphatic rings. The molecule has 4 atom stereocenters. The van der Waals surface area contributed by atoms with Gasteiger partial charge in [-0.1, -0.05) is 0 Å². The first-order valence-corrected chi connectivity index (χ1v) is 9.75. The van der Waals surface area contributed by atoms with E-state index in [1.165, 1.54) is 0 Å². The molecule has 0 saturated heterocycles. The van der Waals surface area contributed by atoms with Gasteiger partial charge in [-0.2, -0.15) is 0 Å². The van der Waals surface area contributed by atoms with Crippen molar-refractivity contribution in [1.29, 1.82) is 0 Å². The van der Waals surface area contributed by atoms with E-state index in [4.69, 9.17) is 5.11 Å². The molecular formula is C6H7Na4O15P3. The molecular weight excluding hydrogens is 497 g/mol. The average molecular weight is 504 g/mol. The van der Waals surface area contributed by atoms with E-state index in [9.17, 15) is 48.3 Å². The van der Waals surface area contributed by atoms with Gasteiger partial charge in [0.05, 0.1) is 14.4 Å². The molecule has 3 N–H and O–H groups in total. The summed E-state index contributed by atoms with van der Waals surface area (Å²) in [6.45, 7) is -1.02. The number of aliphatic hydroxyl groups excluding tert-OH is 3. The molecule has 28 heavy (non-hydrogen) atoms. The van der Waals surface area contributed by atoms with E-state index in [1.54, 1.807) is 0 Å². The van der Waals surface area contributed by atoms with Gasteiger partial charge in [-0.25, -0.2) is 9.11 Å². The summed E-state index contributed by atoms with van der Waals surface area (Å²) in [4.78, 5) is 53.7. The van der Waals surface area contributed by atoms with Crippen molar-refractivity contribution < 1.29 is 189 Å². The maximum atomic E-state index is 11.3. The summed E-state index contributed by atoms with van der Waals surface area (Å²) in [5, 5.41) is 27.3. The van der Waals surface area contributed by atoms with E-state index >= 15 is 0 Å². The zero-order valence-electron chi connectivity index (χ0n) is 14.9. The molecule has 140 valence electrons. The maximum absolute atomic E-state index is 11.3. The van der Waals surface area contributed by atoms with Gasteiger partial charge in [0.1, 0.15) is 6.10 Å². The first kappa shape index (κ1) is 38.4. The van der Waals surface area contributed by atoms with Crippen molar-refractivity contribution in [2.75, 3.05) is 6.61 Å². The second-order valence-electron chi connectivity index (χ2n) is 3.89. The Morgan fingerprint density at radius 3 is 1.86 bits per heavy atom. The third-order valence-corrected chi connectivity index (χ3v) is 5.67. The van der Waals surface area contributed by atoms with Crippen LogP contribution < -0.4 is 138 Å². The Balaban J connectivity index is -0.000000720. The molecule has 1 heterocycles. The number of phosphoric ester groups is 1. The molecule has 0 radical (unpaired) electrons. The normalized spacial score (nSPS) is 21.4. The molecule has 22 heteroatoms. The summed E-state index contributed by atoms with van der Waals surface area (Å²) in [5.74, 6) is -4.55. The minimum absolute atomic E-state index is 0. The molecule has 0 amide bonds. The van der Waals surface area contributed by atoms with Gasteiger partial charge in [-0.05, 0) is 0 Å². The van der Waals surface area contributed by atoms with Crippen LogP contribution in [0.25, 0.3) is 0 Å². The first-order valence-electron chi connectivity index (χ1n) is 5.37. The molecule has 15 nitrogen and oxygen atoms in total. The molecule has 0 saturated carbocycles. The number of hydrogen-bond acceptors (Lipinski definition) is 15. The standard InChI is InChI=1S/C6H11O15P3.4Na/c7-1-2(8)4-3(9)5(6(10)18-4)19-23(14,15)21-24(16,17)20-22(11,12)13;;;;/h2,4,7-9H,1H2,(H,14,15)(H,16,17)(H2,11,12,13);;;;/q;4*+1/p-4/t2-,4+;;;;/m0..../s1. The van der Waals surface area contributed by atoms with E-state index in [0.717, 1.165) is 0 Å². The minimum atomic E-state index is -6.26. The molecule has 0 fully saturated rings. The second-order valence-corrected chi connectivity index (χ2v) is 8.06. The summed E-state index contributed by atoms with van der Waals surface area (Å²) >= 11 is 0. The fraction of sp³-hybridized carbons (Fsp3) is 0.500. The first-order chi connectivity index (χ1) is 10.7. The second kappa shape index (κ2) is 15.2. The van der Waals surface area contributed by atoms with Crippen LogP contribution in [0.5, 0.6) is 0 Å². The van der Waals surface area contributed by atoms with Gasteiger partial charge in [-0.3, -0.25) is 13.4 Å². The topological polar surface area (TPSA) is 258 Å². The molecule has 0 spiro atoms.